The van der Waals surface area contributed by atoms with Crippen molar-refractivity contribution in [1.82, 2.24) is 9.88 Å². The van der Waals surface area contributed by atoms with Crippen LogP contribution in [0.3, 0.4) is 0 Å². The quantitative estimate of drug-likeness (QED) is 0.834. The molecule has 15 heavy (non-hydrogen) atoms. The number of rotatable bonds is 2. The summed E-state index contributed by atoms with van der Waals surface area (Å²) in [7, 11) is 2.12. The van der Waals surface area contributed by atoms with Crippen LogP contribution in [0.5, 0.6) is 0 Å². The van der Waals surface area contributed by atoms with Crippen molar-refractivity contribution in [1.29, 1.82) is 0 Å². The predicted molar refractivity (Wildman–Crippen MR) is 64.2 cm³/mol. The van der Waals surface area contributed by atoms with Gasteiger partial charge in [-0.15, -0.1) is 11.3 Å². The van der Waals surface area contributed by atoms with Crippen LogP contribution >= 0.6 is 11.3 Å². The molecule has 2 N–H and O–H groups in total. The zero-order valence-corrected chi connectivity index (χ0v) is 10.5. The fourth-order valence-corrected chi connectivity index (χ4v) is 3.10. The largest absolute Gasteiger partial charge is 0.318 e. The van der Waals surface area contributed by atoms with E-state index in [1.54, 1.807) is 11.3 Å². The molecule has 1 aliphatic rings. The van der Waals surface area contributed by atoms with Gasteiger partial charge in [-0.1, -0.05) is 13.8 Å². The SMILES string of the molecule is CC(C)c1csc(C2(N)CCN(C)C2)n1. The maximum absolute atomic E-state index is 6.39. The highest BCUT2D eigenvalue weighted by molar-refractivity contribution is 7.09. The molecule has 0 aromatic carbocycles. The Kier molecular flexibility index (Phi) is 2.83. The molecule has 1 saturated heterocycles. The second-order valence-electron chi connectivity index (χ2n) is 4.88. The van der Waals surface area contributed by atoms with Crippen molar-refractivity contribution >= 4 is 11.3 Å². The van der Waals surface area contributed by atoms with Crippen LogP contribution < -0.4 is 5.73 Å². The summed E-state index contributed by atoms with van der Waals surface area (Å²) in [6, 6.07) is 0. The molecular formula is C11H19N3S. The van der Waals surface area contributed by atoms with E-state index in [-0.39, 0.29) is 5.54 Å². The minimum atomic E-state index is -0.202. The minimum absolute atomic E-state index is 0.202. The Labute approximate surface area is 95.3 Å². The third kappa shape index (κ3) is 2.07. The topological polar surface area (TPSA) is 42.1 Å². The summed E-state index contributed by atoms with van der Waals surface area (Å²) in [5.74, 6) is 0.498. The van der Waals surface area contributed by atoms with Crippen molar-refractivity contribution in [2.24, 2.45) is 5.73 Å². The second-order valence-corrected chi connectivity index (χ2v) is 5.73. The van der Waals surface area contributed by atoms with E-state index in [2.05, 4.69) is 36.2 Å². The van der Waals surface area contributed by atoms with Crippen molar-refractivity contribution in [3.8, 4) is 0 Å². The van der Waals surface area contributed by atoms with E-state index < -0.39 is 0 Å². The maximum atomic E-state index is 6.39. The molecule has 84 valence electrons. The van der Waals surface area contributed by atoms with E-state index >= 15 is 0 Å². The van der Waals surface area contributed by atoms with Crippen molar-refractivity contribution in [3.63, 3.8) is 0 Å². The van der Waals surface area contributed by atoms with Gasteiger partial charge in [0.1, 0.15) is 5.01 Å². The lowest BCUT2D eigenvalue weighted by molar-refractivity contribution is 0.372. The average Bonchev–Trinajstić information content (AvgIpc) is 2.73. The van der Waals surface area contributed by atoms with Gasteiger partial charge in [0.05, 0.1) is 11.2 Å². The Morgan fingerprint density at radius 1 is 1.60 bits per heavy atom. The van der Waals surface area contributed by atoms with E-state index in [4.69, 9.17) is 5.73 Å². The van der Waals surface area contributed by atoms with Crippen LogP contribution in [0.2, 0.25) is 0 Å². The molecule has 0 aliphatic carbocycles. The third-order valence-electron chi connectivity index (χ3n) is 3.03. The highest BCUT2D eigenvalue weighted by Crippen LogP contribution is 2.32. The Hall–Kier alpha value is -0.450. The standard InChI is InChI=1S/C11H19N3S/c1-8(2)9-6-15-10(13-9)11(12)4-5-14(3)7-11/h6,8H,4-5,7,12H2,1-3H3. The molecule has 0 radical (unpaired) electrons. The first kappa shape index (κ1) is 11.0. The first-order valence-electron chi connectivity index (χ1n) is 5.44. The molecule has 0 amide bonds. The van der Waals surface area contributed by atoms with Crippen LogP contribution in [-0.2, 0) is 5.54 Å². The van der Waals surface area contributed by atoms with Crippen LogP contribution in [0.25, 0.3) is 0 Å². The molecule has 1 fully saturated rings. The van der Waals surface area contributed by atoms with Gasteiger partial charge in [-0.25, -0.2) is 4.98 Å². The summed E-state index contributed by atoms with van der Waals surface area (Å²) in [4.78, 5) is 6.94. The summed E-state index contributed by atoms with van der Waals surface area (Å²) in [6.07, 6.45) is 1.02. The fourth-order valence-electron chi connectivity index (χ4n) is 1.98. The molecule has 0 spiro atoms. The van der Waals surface area contributed by atoms with E-state index in [9.17, 15) is 0 Å². The normalized spacial score (nSPS) is 27.8. The number of hydrogen-bond donors (Lipinski definition) is 1. The van der Waals surface area contributed by atoms with Crippen molar-refractivity contribution in [2.45, 2.75) is 31.7 Å². The fraction of sp³-hybridized carbons (Fsp3) is 0.727. The zero-order valence-electron chi connectivity index (χ0n) is 9.66. The number of likely N-dealkylation sites (tertiary alicyclic amines) is 1. The van der Waals surface area contributed by atoms with Crippen molar-refractivity contribution < 1.29 is 0 Å². The van der Waals surface area contributed by atoms with Gasteiger partial charge in [0.2, 0.25) is 0 Å². The molecule has 1 unspecified atom stereocenters. The molecule has 1 atom stereocenters. The molecular weight excluding hydrogens is 206 g/mol. The molecule has 0 saturated carbocycles. The molecule has 4 heteroatoms. The number of nitrogens with two attached hydrogens (primary N) is 1. The number of nitrogens with zero attached hydrogens (tertiary/aromatic N) is 2. The van der Waals surface area contributed by atoms with Gasteiger partial charge < -0.3 is 10.6 Å². The lowest BCUT2D eigenvalue weighted by atomic mass is 10.0. The molecule has 0 bridgehead atoms. The number of hydrogen-bond acceptors (Lipinski definition) is 4. The monoisotopic (exact) mass is 225 g/mol. The van der Waals surface area contributed by atoms with Gasteiger partial charge in [-0.3, -0.25) is 0 Å². The van der Waals surface area contributed by atoms with Crippen molar-refractivity contribution in [3.05, 3.63) is 16.1 Å². The smallest absolute Gasteiger partial charge is 0.114 e. The number of aromatic nitrogens is 1. The predicted octanol–water partition coefficient (Wildman–Crippen LogP) is 1.76. The minimum Gasteiger partial charge on any atom is -0.318 e. The summed E-state index contributed by atoms with van der Waals surface area (Å²) < 4.78 is 0. The Bertz CT molecular complexity index is 347. The number of thiazole rings is 1. The van der Waals surface area contributed by atoms with Gasteiger partial charge in [0, 0.05) is 18.5 Å². The second kappa shape index (κ2) is 3.85. The van der Waals surface area contributed by atoms with Crippen LogP contribution in [0, 0.1) is 0 Å². The highest BCUT2D eigenvalue weighted by Gasteiger charge is 2.37. The van der Waals surface area contributed by atoms with E-state index in [1.165, 1.54) is 5.69 Å². The van der Waals surface area contributed by atoms with E-state index in [0.29, 0.717) is 5.92 Å². The van der Waals surface area contributed by atoms with Crippen LogP contribution in [-0.4, -0.2) is 30.0 Å². The number of likely N-dealkylation sites (N-methyl/N-ethyl adjacent to an activating group) is 1. The van der Waals surface area contributed by atoms with E-state index in [0.717, 1.165) is 24.5 Å². The summed E-state index contributed by atoms with van der Waals surface area (Å²) in [5.41, 5.74) is 7.36. The van der Waals surface area contributed by atoms with Crippen LogP contribution in [0.15, 0.2) is 5.38 Å². The average molecular weight is 225 g/mol. The Balaban J connectivity index is 2.22. The maximum Gasteiger partial charge on any atom is 0.114 e. The molecule has 2 heterocycles. The highest BCUT2D eigenvalue weighted by atomic mass is 32.1. The lowest BCUT2D eigenvalue weighted by Gasteiger charge is -2.20. The zero-order chi connectivity index (χ0) is 11.1. The Morgan fingerprint density at radius 3 is 2.80 bits per heavy atom. The summed E-state index contributed by atoms with van der Waals surface area (Å²) in [6.45, 7) is 6.34. The van der Waals surface area contributed by atoms with Gasteiger partial charge in [0.15, 0.2) is 0 Å². The van der Waals surface area contributed by atoms with E-state index in [1.807, 2.05) is 0 Å². The Morgan fingerprint density at radius 2 is 2.33 bits per heavy atom. The molecule has 1 aromatic heterocycles. The summed E-state index contributed by atoms with van der Waals surface area (Å²) in [5, 5.41) is 3.25. The summed E-state index contributed by atoms with van der Waals surface area (Å²) >= 11 is 1.71. The van der Waals surface area contributed by atoms with Gasteiger partial charge in [0.25, 0.3) is 0 Å². The molecule has 1 aromatic rings. The van der Waals surface area contributed by atoms with Gasteiger partial charge in [-0.2, -0.15) is 0 Å². The van der Waals surface area contributed by atoms with Crippen molar-refractivity contribution in [2.75, 3.05) is 20.1 Å². The third-order valence-corrected chi connectivity index (χ3v) is 4.11. The van der Waals surface area contributed by atoms with Crippen LogP contribution in [0.4, 0.5) is 0 Å². The van der Waals surface area contributed by atoms with Gasteiger partial charge in [-0.05, 0) is 19.4 Å². The molecule has 1 aliphatic heterocycles. The first-order chi connectivity index (χ1) is 7.01. The lowest BCUT2D eigenvalue weighted by Crippen LogP contribution is -2.39. The van der Waals surface area contributed by atoms with Crippen LogP contribution in [0.1, 0.15) is 36.9 Å². The molecule has 2 rings (SSSR count). The molecule has 3 nitrogen and oxygen atoms in total. The first-order valence-corrected chi connectivity index (χ1v) is 6.32. The van der Waals surface area contributed by atoms with Gasteiger partial charge >= 0.3 is 0 Å².